The molecule has 0 radical (unpaired) electrons. The summed E-state index contributed by atoms with van der Waals surface area (Å²) in [6.45, 7) is 2.91. The molecule has 1 saturated heterocycles. The molecule has 2 aromatic carbocycles. The minimum Gasteiger partial charge on any atom is -0.461 e. The maximum absolute atomic E-state index is 13.4. The highest BCUT2D eigenvalue weighted by Gasteiger charge is 2.51. The maximum atomic E-state index is 13.4. The number of benzene rings is 2. The van der Waals surface area contributed by atoms with Crippen molar-refractivity contribution in [1.29, 1.82) is 0 Å². The van der Waals surface area contributed by atoms with Crippen molar-refractivity contribution in [2.75, 3.05) is 13.1 Å². The summed E-state index contributed by atoms with van der Waals surface area (Å²) in [7, 11) is 0. The van der Waals surface area contributed by atoms with Gasteiger partial charge in [0.2, 0.25) is 5.82 Å². The first-order valence-corrected chi connectivity index (χ1v) is 12.7. The fraction of sp³-hybridized carbons (Fsp3) is 0.464. The van der Waals surface area contributed by atoms with Gasteiger partial charge in [0.15, 0.2) is 0 Å². The molecule has 34 heavy (non-hydrogen) atoms. The van der Waals surface area contributed by atoms with Crippen molar-refractivity contribution in [3.05, 3.63) is 72.1 Å². The van der Waals surface area contributed by atoms with Crippen molar-refractivity contribution >= 4 is 5.97 Å². The van der Waals surface area contributed by atoms with E-state index in [9.17, 15) is 4.79 Å². The summed E-state index contributed by atoms with van der Waals surface area (Å²) in [5.74, 6) is 2.46. The Hall–Kier alpha value is -2.99. The van der Waals surface area contributed by atoms with E-state index < -0.39 is 5.41 Å². The molecule has 0 spiro atoms. The number of carbonyl (C=O) groups is 1. The van der Waals surface area contributed by atoms with Gasteiger partial charge in [-0.15, -0.1) is 0 Å². The number of ether oxygens (including phenoxy) is 1. The van der Waals surface area contributed by atoms with Gasteiger partial charge in [0, 0.05) is 23.8 Å². The Kier molecular flexibility index (Phi) is 5.69. The second kappa shape index (κ2) is 8.99. The number of rotatable bonds is 6. The number of aromatic nitrogens is 2. The van der Waals surface area contributed by atoms with Gasteiger partial charge in [-0.2, -0.15) is 4.98 Å². The minimum atomic E-state index is -0.437. The summed E-state index contributed by atoms with van der Waals surface area (Å²) in [5.41, 5.74) is 1.64. The number of hydrogen-bond donors (Lipinski definition) is 1. The summed E-state index contributed by atoms with van der Waals surface area (Å²) in [6.07, 6.45) is 6.15. The van der Waals surface area contributed by atoms with E-state index in [-0.39, 0.29) is 12.1 Å². The van der Waals surface area contributed by atoms with Crippen LogP contribution < -0.4 is 4.90 Å². The molecule has 0 amide bonds. The highest BCUT2D eigenvalue weighted by molar-refractivity contribution is 5.84. The van der Waals surface area contributed by atoms with Gasteiger partial charge in [0.25, 0.3) is 5.89 Å². The summed E-state index contributed by atoms with van der Waals surface area (Å²) >= 11 is 0. The topological polar surface area (TPSA) is 69.7 Å². The highest BCUT2D eigenvalue weighted by atomic mass is 16.5. The summed E-state index contributed by atoms with van der Waals surface area (Å²) < 4.78 is 11.7. The lowest BCUT2D eigenvalue weighted by Gasteiger charge is -2.48. The average molecular weight is 459 g/mol. The molecular weight excluding hydrogens is 426 g/mol. The van der Waals surface area contributed by atoms with E-state index >= 15 is 0 Å². The zero-order chi connectivity index (χ0) is 23.0. The van der Waals surface area contributed by atoms with E-state index in [0.29, 0.717) is 17.7 Å². The van der Waals surface area contributed by atoms with Crippen LogP contribution in [-0.4, -0.2) is 35.3 Å². The lowest BCUT2D eigenvalue weighted by Crippen LogP contribution is -3.13. The Labute approximate surface area is 200 Å². The van der Waals surface area contributed by atoms with Crippen LogP contribution in [0.4, 0.5) is 0 Å². The van der Waals surface area contributed by atoms with Crippen LogP contribution in [0.25, 0.3) is 11.5 Å². The lowest BCUT2D eigenvalue weighted by atomic mass is 9.67. The van der Waals surface area contributed by atoms with Gasteiger partial charge in [-0.3, -0.25) is 4.79 Å². The van der Waals surface area contributed by atoms with E-state index in [4.69, 9.17) is 9.26 Å². The predicted molar refractivity (Wildman–Crippen MR) is 127 cm³/mol. The van der Waals surface area contributed by atoms with Crippen molar-refractivity contribution in [1.82, 2.24) is 10.1 Å². The van der Waals surface area contributed by atoms with Crippen LogP contribution in [0.15, 0.2) is 65.2 Å². The van der Waals surface area contributed by atoms with E-state index in [1.807, 2.05) is 48.5 Å². The lowest BCUT2D eigenvalue weighted by molar-refractivity contribution is -0.926. The molecule has 3 aromatic rings. The van der Waals surface area contributed by atoms with Crippen LogP contribution >= 0.6 is 0 Å². The number of piperidine rings is 1. The number of fused-ring (bicyclic) bond motifs is 1. The second-order valence-electron chi connectivity index (χ2n) is 10.3. The van der Waals surface area contributed by atoms with Crippen LogP contribution in [0.5, 0.6) is 0 Å². The molecular formula is C28H32N3O3+. The first-order valence-electron chi connectivity index (χ1n) is 12.7. The Bertz CT molecular complexity index is 1120. The molecule has 4 atom stereocenters. The number of nitrogens with zero attached hydrogens (tertiary/aromatic N) is 2. The van der Waals surface area contributed by atoms with Crippen LogP contribution in [-0.2, 0) is 21.5 Å². The molecule has 176 valence electrons. The zero-order valence-corrected chi connectivity index (χ0v) is 19.5. The third-order valence-electron chi connectivity index (χ3n) is 8.33. The average Bonchev–Trinajstić information content (AvgIpc) is 3.55. The maximum Gasteiger partial charge on any atom is 0.316 e. The smallest absolute Gasteiger partial charge is 0.316 e. The zero-order valence-electron chi connectivity index (χ0n) is 19.5. The van der Waals surface area contributed by atoms with E-state index in [0.717, 1.165) is 75.1 Å². The van der Waals surface area contributed by atoms with E-state index in [2.05, 4.69) is 22.3 Å². The van der Waals surface area contributed by atoms with Crippen LogP contribution in [0.2, 0.25) is 0 Å². The highest BCUT2D eigenvalue weighted by Crippen LogP contribution is 2.45. The molecule has 1 N–H and O–H groups in total. The Morgan fingerprint density at radius 1 is 1.06 bits per heavy atom. The van der Waals surface area contributed by atoms with E-state index in [1.165, 1.54) is 4.90 Å². The number of quaternary nitrogens is 1. The Balaban J connectivity index is 1.05. The first kappa shape index (κ1) is 21.5. The summed E-state index contributed by atoms with van der Waals surface area (Å²) in [5, 5.41) is 4.21. The molecule has 6 heteroatoms. The van der Waals surface area contributed by atoms with Crippen molar-refractivity contribution in [3.8, 4) is 11.5 Å². The summed E-state index contributed by atoms with van der Waals surface area (Å²) in [6, 6.07) is 20.2. The van der Waals surface area contributed by atoms with Crippen LogP contribution in [0, 0.1) is 11.8 Å². The standard InChI is InChI=1S/C28H31N3O3/c32-27(28(14-7-8-15-28)22-11-5-2-6-12-22)33-24-17-21-18-31(16-13-23(21)24)19-25-29-26(34-30-25)20-9-3-1-4-10-20/h1-6,9-12,21,23-24H,7-8,13-19H2/p+1/t21?,23?,24-/m0/s1. The van der Waals surface area contributed by atoms with Gasteiger partial charge >= 0.3 is 5.97 Å². The minimum absolute atomic E-state index is 0.00895. The summed E-state index contributed by atoms with van der Waals surface area (Å²) in [4.78, 5) is 19.5. The molecule has 2 saturated carbocycles. The predicted octanol–water partition coefficient (Wildman–Crippen LogP) is 3.59. The monoisotopic (exact) mass is 458 g/mol. The molecule has 2 heterocycles. The number of esters is 1. The number of carbonyl (C=O) groups excluding carboxylic acids is 1. The van der Waals surface area contributed by atoms with Crippen molar-refractivity contribution in [2.24, 2.45) is 11.8 Å². The van der Waals surface area contributed by atoms with Crippen molar-refractivity contribution < 1.29 is 19.0 Å². The second-order valence-corrected chi connectivity index (χ2v) is 10.3. The quantitative estimate of drug-likeness (QED) is 0.572. The normalized spacial score (nSPS) is 27.5. The van der Waals surface area contributed by atoms with Gasteiger partial charge < -0.3 is 14.2 Å². The first-order chi connectivity index (χ1) is 16.7. The van der Waals surface area contributed by atoms with Gasteiger partial charge in [0.1, 0.15) is 12.6 Å². The Morgan fingerprint density at radius 2 is 1.79 bits per heavy atom. The molecule has 2 aliphatic carbocycles. The number of hydrogen-bond acceptors (Lipinski definition) is 5. The van der Waals surface area contributed by atoms with Crippen molar-refractivity contribution in [2.45, 2.75) is 56.6 Å². The molecule has 1 aliphatic heterocycles. The SMILES string of the molecule is O=C(O[C@H]1CC2C[NH+](Cc3noc(-c4ccccc4)n3)CCC21)C1(c2ccccc2)CCCC1. The fourth-order valence-corrected chi connectivity index (χ4v) is 6.40. The third-order valence-corrected chi connectivity index (χ3v) is 8.33. The van der Waals surface area contributed by atoms with E-state index in [1.54, 1.807) is 0 Å². The van der Waals surface area contributed by atoms with Gasteiger partial charge in [-0.05, 0) is 37.0 Å². The van der Waals surface area contributed by atoms with Gasteiger partial charge in [0.05, 0.1) is 18.5 Å². The molecule has 3 unspecified atom stereocenters. The molecule has 1 aromatic heterocycles. The number of likely N-dealkylation sites (tertiary alicyclic amines) is 1. The Morgan fingerprint density at radius 3 is 2.53 bits per heavy atom. The fourth-order valence-electron chi connectivity index (χ4n) is 6.40. The largest absolute Gasteiger partial charge is 0.461 e. The molecule has 3 aliphatic rings. The number of nitrogens with one attached hydrogen (secondary N) is 1. The van der Waals surface area contributed by atoms with Gasteiger partial charge in [-0.25, -0.2) is 0 Å². The van der Waals surface area contributed by atoms with Gasteiger partial charge in [-0.1, -0.05) is 66.5 Å². The van der Waals surface area contributed by atoms with Crippen LogP contribution in [0.3, 0.4) is 0 Å². The molecule has 3 fully saturated rings. The van der Waals surface area contributed by atoms with Crippen LogP contribution in [0.1, 0.15) is 49.9 Å². The molecule has 6 rings (SSSR count). The molecule has 6 nitrogen and oxygen atoms in total. The molecule has 0 bridgehead atoms. The van der Waals surface area contributed by atoms with Crippen molar-refractivity contribution in [3.63, 3.8) is 0 Å². The third kappa shape index (κ3) is 3.94.